The molecule has 1 heterocycles. The SMILES string of the molecule is CCCCOc1c(C)nc(NC(=O)OCCCl)c(C)c1C. The first-order valence-electron chi connectivity index (χ1n) is 7.11. The van der Waals surface area contributed by atoms with Gasteiger partial charge in [0.15, 0.2) is 0 Å². The van der Waals surface area contributed by atoms with Gasteiger partial charge in [-0.15, -0.1) is 11.6 Å². The Morgan fingerprint density at radius 2 is 1.95 bits per heavy atom. The predicted octanol–water partition coefficient (Wildman–Crippen LogP) is 3.97. The summed E-state index contributed by atoms with van der Waals surface area (Å²) in [7, 11) is 0. The van der Waals surface area contributed by atoms with Crippen LogP contribution in [-0.4, -0.2) is 30.2 Å². The number of rotatable bonds is 7. The van der Waals surface area contributed by atoms with E-state index < -0.39 is 6.09 Å². The van der Waals surface area contributed by atoms with E-state index in [-0.39, 0.29) is 12.5 Å². The quantitative estimate of drug-likeness (QED) is 0.611. The van der Waals surface area contributed by atoms with Crippen molar-refractivity contribution >= 4 is 23.5 Å². The fourth-order valence-corrected chi connectivity index (χ4v) is 1.92. The zero-order valence-electron chi connectivity index (χ0n) is 13.1. The minimum Gasteiger partial charge on any atom is -0.491 e. The summed E-state index contributed by atoms with van der Waals surface area (Å²) in [5.74, 6) is 1.55. The highest BCUT2D eigenvalue weighted by Crippen LogP contribution is 2.29. The molecule has 0 radical (unpaired) electrons. The van der Waals surface area contributed by atoms with Crippen LogP contribution in [0.5, 0.6) is 5.75 Å². The maximum atomic E-state index is 11.6. The molecule has 0 aromatic carbocycles. The first-order chi connectivity index (χ1) is 10.0. The number of carbonyl (C=O) groups is 1. The molecule has 1 amide bonds. The number of hydrogen-bond donors (Lipinski definition) is 1. The molecule has 1 N–H and O–H groups in total. The fraction of sp³-hybridized carbons (Fsp3) is 0.600. The molecule has 0 aliphatic carbocycles. The summed E-state index contributed by atoms with van der Waals surface area (Å²) in [4.78, 5) is 16.0. The second-order valence-electron chi connectivity index (χ2n) is 4.78. The highest BCUT2D eigenvalue weighted by molar-refractivity contribution is 6.18. The Balaban J connectivity index is 2.86. The van der Waals surface area contributed by atoms with Gasteiger partial charge in [0.1, 0.15) is 18.2 Å². The van der Waals surface area contributed by atoms with Crippen molar-refractivity contribution in [1.82, 2.24) is 4.98 Å². The molecule has 0 spiro atoms. The van der Waals surface area contributed by atoms with Gasteiger partial charge in [0, 0.05) is 0 Å². The highest BCUT2D eigenvalue weighted by atomic mass is 35.5. The molecular weight excluding hydrogens is 292 g/mol. The molecule has 1 rings (SSSR count). The molecule has 0 bridgehead atoms. The van der Waals surface area contributed by atoms with Crippen molar-refractivity contribution in [2.24, 2.45) is 0 Å². The van der Waals surface area contributed by atoms with E-state index >= 15 is 0 Å². The van der Waals surface area contributed by atoms with Gasteiger partial charge in [-0.1, -0.05) is 13.3 Å². The average molecular weight is 315 g/mol. The Labute approximate surface area is 131 Å². The number of anilines is 1. The van der Waals surface area contributed by atoms with Gasteiger partial charge in [-0.05, 0) is 38.3 Å². The standard InChI is InChI=1S/C15H23ClN2O3/c1-5-6-8-20-13-10(2)11(3)14(17-12(13)4)18-15(19)21-9-7-16/h5-9H2,1-4H3,(H,17,18,19). The van der Waals surface area contributed by atoms with Crippen LogP contribution in [0, 0.1) is 20.8 Å². The van der Waals surface area contributed by atoms with E-state index in [1.165, 1.54) is 0 Å². The Kier molecular flexibility index (Phi) is 7.29. The van der Waals surface area contributed by atoms with Crippen molar-refractivity contribution in [2.45, 2.75) is 40.5 Å². The molecule has 0 aliphatic rings. The first kappa shape index (κ1) is 17.6. The third-order valence-electron chi connectivity index (χ3n) is 3.14. The monoisotopic (exact) mass is 314 g/mol. The lowest BCUT2D eigenvalue weighted by atomic mass is 10.1. The van der Waals surface area contributed by atoms with Crippen molar-refractivity contribution in [3.05, 3.63) is 16.8 Å². The summed E-state index contributed by atoms with van der Waals surface area (Å²) in [6.07, 6.45) is 1.53. The summed E-state index contributed by atoms with van der Waals surface area (Å²) in [6.45, 7) is 8.67. The van der Waals surface area contributed by atoms with Crippen LogP contribution in [0.25, 0.3) is 0 Å². The summed E-state index contributed by atoms with van der Waals surface area (Å²) >= 11 is 5.47. The number of aryl methyl sites for hydroxylation is 1. The molecule has 1 aromatic rings. The second-order valence-corrected chi connectivity index (χ2v) is 5.15. The maximum Gasteiger partial charge on any atom is 0.412 e. The molecular formula is C15H23ClN2O3. The van der Waals surface area contributed by atoms with Gasteiger partial charge in [-0.3, -0.25) is 5.32 Å². The van der Waals surface area contributed by atoms with Gasteiger partial charge in [0.2, 0.25) is 0 Å². The Hall–Kier alpha value is -1.49. The number of nitrogens with one attached hydrogen (secondary N) is 1. The third kappa shape index (κ3) is 5.08. The largest absolute Gasteiger partial charge is 0.491 e. The lowest BCUT2D eigenvalue weighted by Crippen LogP contribution is -2.17. The van der Waals surface area contributed by atoms with Crippen molar-refractivity contribution in [3.8, 4) is 5.75 Å². The van der Waals surface area contributed by atoms with E-state index in [0.29, 0.717) is 12.4 Å². The molecule has 21 heavy (non-hydrogen) atoms. The summed E-state index contributed by atoms with van der Waals surface area (Å²) in [5.41, 5.74) is 2.60. The molecule has 0 atom stereocenters. The number of ether oxygens (including phenoxy) is 2. The van der Waals surface area contributed by atoms with Gasteiger partial charge >= 0.3 is 6.09 Å². The fourth-order valence-electron chi connectivity index (χ4n) is 1.84. The number of halogens is 1. The lowest BCUT2D eigenvalue weighted by molar-refractivity contribution is 0.168. The van der Waals surface area contributed by atoms with Crippen LogP contribution in [0.3, 0.4) is 0 Å². The predicted molar refractivity (Wildman–Crippen MR) is 84.5 cm³/mol. The van der Waals surface area contributed by atoms with Crippen LogP contribution in [0.4, 0.5) is 10.6 Å². The molecule has 0 saturated heterocycles. The summed E-state index contributed by atoms with van der Waals surface area (Å²) < 4.78 is 10.7. The Morgan fingerprint density at radius 1 is 1.24 bits per heavy atom. The van der Waals surface area contributed by atoms with E-state index in [1.807, 2.05) is 20.8 Å². The van der Waals surface area contributed by atoms with Gasteiger partial charge in [0.25, 0.3) is 0 Å². The van der Waals surface area contributed by atoms with E-state index in [9.17, 15) is 4.79 Å². The zero-order valence-corrected chi connectivity index (χ0v) is 13.8. The van der Waals surface area contributed by atoms with Crippen LogP contribution in [0.2, 0.25) is 0 Å². The minimum atomic E-state index is -0.551. The van der Waals surface area contributed by atoms with E-state index in [2.05, 4.69) is 17.2 Å². The van der Waals surface area contributed by atoms with Crippen molar-refractivity contribution in [2.75, 3.05) is 24.4 Å². The minimum absolute atomic E-state index is 0.169. The van der Waals surface area contributed by atoms with Gasteiger partial charge < -0.3 is 9.47 Å². The molecule has 0 aliphatic heterocycles. The summed E-state index contributed by atoms with van der Waals surface area (Å²) in [6, 6.07) is 0. The molecule has 6 heteroatoms. The molecule has 0 unspecified atom stereocenters. The zero-order chi connectivity index (χ0) is 15.8. The highest BCUT2D eigenvalue weighted by Gasteiger charge is 2.15. The van der Waals surface area contributed by atoms with Gasteiger partial charge in [-0.25, -0.2) is 9.78 Å². The number of aromatic nitrogens is 1. The van der Waals surface area contributed by atoms with E-state index in [1.54, 1.807) is 0 Å². The molecule has 118 valence electrons. The summed E-state index contributed by atoms with van der Waals surface area (Å²) in [5, 5.41) is 2.63. The number of carbonyl (C=O) groups excluding carboxylic acids is 1. The second kappa shape index (κ2) is 8.72. The number of nitrogens with zero attached hydrogens (tertiary/aromatic N) is 1. The van der Waals surface area contributed by atoms with E-state index in [0.717, 1.165) is 35.4 Å². The molecule has 0 fully saturated rings. The molecule has 1 aromatic heterocycles. The number of unbranched alkanes of at least 4 members (excludes halogenated alkanes) is 1. The van der Waals surface area contributed by atoms with E-state index in [4.69, 9.17) is 21.1 Å². The average Bonchev–Trinajstić information content (AvgIpc) is 2.46. The Morgan fingerprint density at radius 3 is 2.57 bits per heavy atom. The van der Waals surface area contributed by atoms with Crippen LogP contribution in [-0.2, 0) is 4.74 Å². The van der Waals surface area contributed by atoms with Gasteiger partial charge in [0.05, 0.1) is 18.2 Å². The van der Waals surface area contributed by atoms with Crippen molar-refractivity contribution < 1.29 is 14.3 Å². The number of amides is 1. The van der Waals surface area contributed by atoms with Crippen LogP contribution >= 0.6 is 11.6 Å². The topological polar surface area (TPSA) is 60.5 Å². The molecule has 5 nitrogen and oxygen atoms in total. The third-order valence-corrected chi connectivity index (χ3v) is 3.30. The van der Waals surface area contributed by atoms with Crippen LogP contribution in [0.1, 0.15) is 36.6 Å². The van der Waals surface area contributed by atoms with Crippen LogP contribution in [0.15, 0.2) is 0 Å². The van der Waals surface area contributed by atoms with Gasteiger partial charge in [-0.2, -0.15) is 0 Å². The first-order valence-corrected chi connectivity index (χ1v) is 7.65. The Bertz CT molecular complexity index is 492. The smallest absolute Gasteiger partial charge is 0.412 e. The molecule has 0 saturated carbocycles. The number of alkyl halides is 1. The lowest BCUT2D eigenvalue weighted by Gasteiger charge is -2.16. The number of hydrogen-bond acceptors (Lipinski definition) is 4. The van der Waals surface area contributed by atoms with Crippen LogP contribution < -0.4 is 10.1 Å². The number of pyridine rings is 1. The normalized spacial score (nSPS) is 10.3. The van der Waals surface area contributed by atoms with Crippen molar-refractivity contribution in [1.29, 1.82) is 0 Å². The maximum absolute atomic E-state index is 11.6. The van der Waals surface area contributed by atoms with Crippen molar-refractivity contribution in [3.63, 3.8) is 0 Å².